The maximum absolute atomic E-state index is 13.8. The summed E-state index contributed by atoms with van der Waals surface area (Å²) in [5, 5.41) is 13.5. The first kappa shape index (κ1) is 57.2. The van der Waals surface area contributed by atoms with Crippen molar-refractivity contribution in [3.8, 4) is 16.9 Å². The number of para-hydroxylation sites is 1. The first-order chi connectivity index (χ1) is 38.0. The van der Waals surface area contributed by atoms with Crippen LogP contribution in [0.4, 0.5) is 17.2 Å². The van der Waals surface area contributed by atoms with Crippen molar-refractivity contribution in [3.63, 3.8) is 0 Å². The van der Waals surface area contributed by atoms with Crippen LogP contribution in [0.25, 0.3) is 16.9 Å². The fraction of sp³-hybridized carbons (Fsp3) is 0.418. The molecule has 78 heavy (non-hydrogen) atoms. The highest BCUT2D eigenvalue weighted by atomic mass is 35.5. The van der Waals surface area contributed by atoms with Crippen molar-refractivity contribution in [1.29, 1.82) is 0 Å². The quantitative estimate of drug-likeness (QED) is 0.0477. The van der Waals surface area contributed by atoms with Gasteiger partial charge in [0.05, 0.1) is 106 Å². The van der Waals surface area contributed by atoms with Crippen molar-refractivity contribution in [2.75, 3.05) is 134 Å². The second kappa shape index (κ2) is 29.1. The molecule has 5 aromatic rings. The second-order valence-corrected chi connectivity index (χ2v) is 19.3. The number of piperazine rings is 2. The summed E-state index contributed by atoms with van der Waals surface area (Å²) >= 11 is 13.0. The Balaban J connectivity index is 0.624. The summed E-state index contributed by atoms with van der Waals surface area (Å²) in [6.07, 6.45) is 2.91. The number of amides is 6. The zero-order valence-corrected chi connectivity index (χ0v) is 44.8. The van der Waals surface area contributed by atoms with Gasteiger partial charge in [-0.05, 0) is 67.1 Å². The molecule has 23 heteroatoms. The SMILES string of the molecule is O=C1CCC(Nc2ccc(N3CCN(C(=O)CCOCCOCCOCCOCCOCCC(=O)N4CCN(C(=O)c5cc(NC(=O)c6cc(-c7ccccn7)c(Cl)cc6Cl)n(-c6ccccc6)n5)CC4)CC3)cc2)C(=O)N1. The molecule has 21 nitrogen and oxygen atoms in total. The molecule has 8 rings (SSSR count). The number of nitrogens with zero attached hydrogens (tertiary/aromatic N) is 7. The van der Waals surface area contributed by atoms with Gasteiger partial charge in [0.25, 0.3) is 11.8 Å². The Morgan fingerprint density at radius 1 is 0.615 bits per heavy atom. The molecule has 2 aromatic heterocycles. The Morgan fingerprint density at radius 2 is 1.18 bits per heavy atom. The highest BCUT2D eigenvalue weighted by Crippen LogP contribution is 2.33. The van der Waals surface area contributed by atoms with Crippen molar-refractivity contribution >= 4 is 75.8 Å². The standard InChI is InChI=1S/C55H64Cl2N10O11/c56-44-37-45(57)43(36-42(44)46-8-4-5-17-58-46)53(71)60-49-38-48(62-67(49)41-6-2-1-3-7-41)55(73)66-24-22-65(23-25-66)52(70)16-27-75-29-31-77-33-35-78-34-32-76-30-28-74-26-15-51(69)64-20-18-63(19-21-64)40-11-9-39(10-12-40)59-47-13-14-50(68)61-54(47)72/h1-12,17,36-38,47,59H,13-16,18-35H2,(H,60,71)(H,61,68,72). The first-order valence-electron chi connectivity index (χ1n) is 26.1. The van der Waals surface area contributed by atoms with Crippen LogP contribution in [-0.4, -0.2) is 189 Å². The summed E-state index contributed by atoms with van der Waals surface area (Å²) in [4.78, 5) is 88.6. The maximum atomic E-state index is 13.8. The number of ether oxygens (including phenoxy) is 5. The molecule has 6 amide bonds. The van der Waals surface area contributed by atoms with Crippen LogP contribution in [0.15, 0.2) is 97.2 Å². The molecule has 3 fully saturated rings. The van der Waals surface area contributed by atoms with Crippen molar-refractivity contribution in [2.24, 2.45) is 0 Å². The third-order valence-electron chi connectivity index (χ3n) is 13.2. The third kappa shape index (κ3) is 16.3. The minimum atomic E-state index is -0.532. The number of aromatic nitrogens is 3. The van der Waals surface area contributed by atoms with E-state index in [0.29, 0.717) is 153 Å². The van der Waals surface area contributed by atoms with Crippen LogP contribution in [0.1, 0.15) is 46.5 Å². The number of hydrogen-bond acceptors (Lipinski definition) is 15. The molecular weight excluding hydrogens is 1050 g/mol. The second-order valence-electron chi connectivity index (χ2n) is 18.4. The number of carbonyl (C=O) groups excluding carboxylic acids is 6. The monoisotopic (exact) mass is 1110 g/mol. The van der Waals surface area contributed by atoms with E-state index >= 15 is 0 Å². The van der Waals surface area contributed by atoms with E-state index in [1.54, 1.807) is 46.3 Å². The van der Waals surface area contributed by atoms with Crippen LogP contribution in [0.2, 0.25) is 10.0 Å². The largest absolute Gasteiger partial charge is 0.379 e. The lowest BCUT2D eigenvalue weighted by molar-refractivity contribution is -0.134. The van der Waals surface area contributed by atoms with Gasteiger partial charge in [0, 0.05) is 88.0 Å². The summed E-state index contributed by atoms with van der Waals surface area (Å²) in [7, 11) is 0. The van der Waals surface area contributed by atoms with E-state index in [-0.39, 0.29) is 64.7 Å². The van der Waals surface area contributed by atoms with Crippen LogP contribution in [-0.2, 0) is 42.9 Å². The Hall–Kier alpha value is -6.98. The maximum Gasteiger partial charge on any atom is 0.274 e. The molecule has 0 bridgehead atoms. The van der Waals surface area contributed by atoms with Crippen molar-refractivity contribution < 1.29 is 52.5 Å². The van der Waals surface area contributed by atoms with Crippen LogP contribution in [0.3, 0.4) is 0 Å². The molecule has 3 aromatic carbocycles. The number of benzene rings is 3. The van der Waals surface area contributed by atoms with Crippen molar-refractivity contribution in [2.45, 2.75) is 31.7 Å². The minimum Gasteiger partial charge on any atom is -0.379 e. The van der Waals surface area contributed by atoms with E-state index in [2.05, 4.69) is 30.9 Å². The zero-order chi connectivity index (χ0) is 54.6. The number of carbonyl (C=O) groups is 6. The predicted octanol–water partition coefficient (Wildman–Crippen LogP) is 5.21. The Morgan fingerprint density at radius 3 is 1.76 bits per heavy atom. The molecular formula is C55H64Cl2N10O11. The lowest BCUT2D eigenvalue weighted by atomic mass is 10.1. The number of rotatable bonds is 26. The molecule has 0 spiro atoms. The van der Waals surface area contributed by atoms with Gasteiger partial charge in [0.1, 0.15) is 11.9 Å². The normalized spacial score (nSPS) is 15.8. The molecule has 3 aliphatic rings. The molecule has 0 saturated carbocycles. The van der Waals surface area contributed by atoms with Crippen LogP contribution in [0.5, 0.6) is 0 Å². The number of pyridine rings is 1. The molecule has 3 saturated heterocycles. The van der Waals surface area contributed by atoms with E-state index in [9.17, 15) is 28.8 Å². The highest BCUT2D eigenvalue weighted by molar-refractivity contribution is 6.38. The molecule has 0 aliphatic carbocycles. The predicted molar refractivity (Wildman–Crippen MR) is 292 cm³/mol. The topological polar surface area (TPSA) is 228 Å². The van der Waals surface area contributed by atoms with Gasteiger partial charge in [-0.1, -0.05) is 47.5 Å². The summed E-state index contributed by atoms with van der Waals surface area (Å²) in [6, 6.07) is 26.5. The van der Waals surface area contributed by atoms with E-state index in [4.69, 9.17) is 46.9 Å². The minimum absolute atomic E-state index is 0.0588. The molecule has 1 unspecified atom stereocenters. The smallest absolute Gasteiger partial charge is 0.274 e. The van der Waals surface area contributed by atoms with Crippen molar-refractivity contribution in [1.82, 2.24) is 34.8 Å². The third-order valence-corrected chi connectivity index (χ3v) is 13.8. The fourth-order valence-corrected chi connectivity index (χ4v) is 9.48. The van der Waals surface area contributed by atoms with E-state index in [0.717, 1.165) is 11.4 Å². The van der Waals surface area contributed by atoms with Crippen LogP contribution in [0, 0.1) is 0 Å². The average molecular weight is 1110 g/mol. The number of anilines is 3. The lowest BCUT2D eigenvalue weighted by Crippen LogP contribution is -2.50. The summed E-state index contributed by atoms with van der Waals surface area (Å²) in [5.41, 5.74) is 3.87. The first-order valence-corrected chi connectivity index (χ1v) is 26.8. The number of piperidine rings is 1. The van der Waals surface area contributed by atoms with Gasteiger partial charge in [0.2, 0.25) is 23.6 Å². The number of hydrogen-bond donors (Lipinski definition) is 3. The van der Waals surface area contributed by atoms with Crippen molar-refractivity contribution in [3.05, 3.63) is 118 Å². The Kier molecular flexibility index (Phi) is 21.4. The van der Waals surface area contributed by atoms with Gasteiger partial charge >= 0.3 is 0 Å². The highest BCUT2D eigenvalue weighted by Gasteiger charge is 2.29. The van der Waals surface area contributed by atoms with E-state index in [1.807, 2.05) is 53.4 Å². The zero-order valence-electron chi connectivity index (χ0n) is 43.2. The summed E-state index contributed by atoms with van der Waals surface area (Å²) in [6.45, 7) is 7.52. The van der Waals surface area contributed by atoms with Gasteiger partial charge in [-0.3, -0.25) is 39.1 Å². The molecule has 3 N–H and O–H groups in total. The van der Waals surface area contributed by atoms with E-state index < -0.39 is 11.9 Å². The van der Waals surface area contributed by atoms with Gasteiger partial charge < -0.3 is 53.9 Å². The summed E-state index contributed by atoms with van der Waals surface area (Å²) in [5.74, 6) is -1.17. The Bertz CT molecular complexity index is 2810. The number of imide groups is 1. The molecule has 5 heterocycles. The Labute approximate surface area is 462 Å². The summed E-state index contributed by atoms with van der Waals surface area (Å²) < 4.78 is 29.5. The lowest BCUT2D eigenvalue weighted by Gasteiger charge is -2.36. The van der Waals surface area contributed by atoms with Gasteiger partial charge in [-0.25, -0.2) is 4.68 Å². The van der Waals surface area contributed by atoms with Gasteiger partial charge in [0.15, 0.2) is 5.69 Å². The molecule has 3 aliphatic heterocycles. The van der Waals surface area contributed by atoms with Gasteiger partial charge in [-0.2, -0.15) is 5.10 Å². The molecule has 414 valence electrons. The molecule has 1 atom stereocenters. The van der Waals surface area contributed by atoms with Gasteiger partial charge in [-0.15, -0.1) is 0 Å². The fourth-order valence-electron chi connectivity index (χ4n) is 8.92. The van der Waals surface area contributed by atoms with E-state index in [1.165, 1.54) is 16.8 Å². The van der Waals surface area contributed by atoms with Crippen LogP contribution >= 0.6 is 23.2 Å². The van der Waals surface area contributed by atoms with Crippen LogP contribution < -0.4 is 20.9 Å². The number of halogens is 2. The number of nitrogens with one attached hydrogen (secondary N) is 3. The average Bonchev–Trinajstić information content (AvgIpc) is 3.92. The molecule has 0 radical (unpaired) electrons.